The van der Waals surface area contributed by atoms with Crippen LogP contribution in [0.2, 0.25) is 0 Å². The van der Waals surface area contributed by atoms with Crippen molar-refractivity contribution in [1.29, 1.82) is 0 Å². The summed E-state index contributed by atoms with van der Waals surface area (Å²) in [6.45, 7) is 6.03. The van der Waals surface area contributed by atoms with Gasteiger partial charge in [0.25, 0.3) is 0 Å². The molecule has 0 heterocycles. The van der Waals surface area contributed by atoms with E-state index in [1.54, 1.807) is 21.6 Å². The molecular weight excluding hydrogens is 198 g/mol. The first-order chi connectivity index (χ1) is 5.57. The van der Waals surface area contributed by atoms with Gasteiger partial charge in [-0.2, -0.15) is 0 Å². The fourth-order valence-electron chi connectivity index (χ4n) is 0.754. The van der Waals surface area contributed by atoms with E-state index in [-0.39, 0.29) is 11.7 Å². The molecule has 0 aromatic carbocycles. The molecule has 74 valence electrons. The molecule has 12 heavy (non-hydrogen) atoms. The lowest BCUT2D eigenvalue weighted by molar-refractivity contribution is 0.132. The summed E-state index contributed by atoms with van der Waals surface area (Å²) in [5.41, 5.74) is 0. The van der Waals surface area contributed by atoms with E-state index in [0.717, 1.165) is 5.75 Å². The SMILES string of the molecule is CCSSC(CC(F)F)C(C)C. The Balaban J connectivity index is 3.70. The van der Waals surface area contributed by atoms with Gasteiger partial charge in [-0.3, -0.25) is 0 Å². The summed E-state index contributed by atoms with van der Waals surface area (Å²) in [6, 6.07) is 0. The number of hydrogen-bond acceptors (Lipinski definition) is 2. The van der Waals surface area contributed by atoms with Crippen molar-refractivity contribution in [3.63, 3.8) is 0 Å². The molecule has 0 spiro atoms. The Morgan fingerprint density at radius 3 is 2.17 bits per heavy atom. The van der Waals surface area contributed by atoms with Crippen molar-refractivity contribution in [2.75, 3.05) is 5.75 Å². The monoisotopic (exact) mass is 214 g/mol. The number of hydrogen-bond donors (Lipinski definition) is 0. The summed E-state index contributed by atoms with van der Waals surface area (Å²) < 4.78 is 24.1. The summed E-state index contributed by atoms with van der Waals surface area (Å²) in [5, 5.41) is 0.0925. The van der Waals surface area contributed by atoms with Crippen LogP contribution < -0.4 is 0 Å². The lowest BCUT2D eigenvalue weighted by atomic mass is 10.1. The molecule has 0 bridgehead atoms. The predicted octanol–water partition coefficient (Wildman–Crippen LogP) is 4.07. The average Bonchev–Trinajstić information content (AvgIpc) is 1.96. The molecule has 1 unspecified atom stereocenters. The van der Waals surface area contributed by atoms with Gasteiger partial charge in [0.2, 0.25) is 6.43 Å². The highest BCUT2D eigenvalue weighted by atomic mass is 33.1. The van der Waals surface area contributed by atoms with E-state index in [2.05, 4.69) is 0 Å². The molecular formula is C8H16F2S2. The van der Waals surface area contributed by atoms with Crippen LogP contribution in [0.25, 0.3) is 0 Å². The zero-order chi connectivity index (χ0) is 9.56. The first-order valence-corrected chi connectivity index (χ1v) is 6.52. The minimum Gasteiger partial charge on any atom is -0.210 e. The normalized spacial score (nSPS) is 14.2. The van der Waals surface area contributed by atoms with Gasteiger partial charge < -0.3 is 0 Å². The van der Waals surface area contributed by atoms with E-state index in [0.29, 0.717) is 5.92 Å². The van der Waals surface area contributed by atoms with Gasteiger partial charge in [0.1, 0.15) is 0 Å². The Morgan fingerprint density at radius 2 is 1.83 bits per heavy atom. The first kappa shape index (κ1) is 12.6. The smallest absolute Gasteiger partial charge is 0.210 e. The van der Waals surface area contributed by atoms with Crippen LogP contribution >= 0.6 is 21.6 Å². The molecule has 4 heteroatoms. The molecule has 0 aliphatic rings. The van der Waals surface area contributed by atoms with Gasteiger partial charge >= 0.3 is 0 Å². The van der Waals surface area contributed by atoms with Gasteiger partial charge in [-0.1, -0.05) is 42.4 Å². The molecule has 0 fully saturated rings. The molecule has 0 aromatic heterocycles. The Hall–Kier alpha value is 0.560. The van der Waals surface area contributed by atoms with E-state index in [1.165, 1.54) is 0 Å². The van der Waals surface area contributed by atoms with Gasteiger partial charge in [-0.15, -0.1) is 0 Å². The van der Waals surface area contributed by atoms with Crippen LogP contribution in [0.3, 0.4) is 0 Å². The molecule has 1 atom stereocenters. The predicted molar refractivity (Wildman–Crippen MR) is 55.0 cm³/mol. The number of rotatable bonds is 6. The summed E-state index contributed by atoms with van der Waals surface area (Å²) >= 11 is 0. The fourth-order valence-corrected chi connectivity index (χ4v) is 3.35. The van der Waals surface area contributed by atoms with Crippen molar-refractivity contribution in [1.82, 2.24) is 0 Å². The molecule has 0 amide bonds. The summed E-state index contributed by atoms with van der Waals surface area (Å²) in [6.07, 6.45) is -2.14. The second-order valence-corrected chi connectivity index (χ2v) is 5.81. The lowest BCUT2D eigenvalue weighted by Crippen LogP contribution is -2.14. The van der Waals surface area contributed by atoms with Gasteiger partial charge in [0, 0.05) is 17.4 Å². The summed E-state index contributed by atoms with van der Waals surface area (Å²) in [5.74, 6) is 1.32. The van der Waals surface area contributed by atoms with E-state index < -0.39 is 6.43 Å². The molecule has 0 aliphatic heterocycles. The van der Waals surface area contributed by atoms with Crippen molar-refractivity contribution < 1.29 is 8.78 Å². The highest BCUT2D eigenvalue weighted by molar-refractivity contribution is 8.76. The van der Waals surface area contributed by atoms with Crippen LogP contribution in [-0.4, -0.2) is 17.4 Å². The van der Waals surface area contributed by atoms with Crippen LogP contribution in [0.5, 0.6) is 0 Å². The van der Waals surface area contributed by atoms with Gasteiger partial charge in [-0.05, 0) is 5.92 Å². The highest BCUT2D eigenvalue weighted by Crippen LogP contribution is 2.34. The van der Waals surface area contributed by atoms with E-state index in [4.69, 9.17) is 0 Å². The summed E-state index contributed by atoms with van der Waals surface area (Å²) in [4.78, 5) is 0. The minimum absolute atomic E-state index is 0.0231. The number of halogens is 2. The van der Waals surface area contributed by atoms with Crippen LogP contribution in [0.4, 0.5) is 8.78 Å². The maximum atomic E-state index is 12.0. The average molecular weight is 214 g/mol. The second-order valence-electron chi connectivity index (χ2n) is 2.91. The molecule has 0 nitrogen and oxygen atoms in total. The van der Waals surface area contributed by atoms with Gasteiger partial charge in [0.15, 0.2) is 0 Å². The van der Waals surface area contributed by atoms with Crippen molar-refractivity contribution in [2.45, 2.75) is 38.9 Å². The molecule has 0 aliphatic carbocycles. The van der Waals surface area contributed by atoms with Crippen molar-refractivity contribution in [3.8, 4) is 0 Å². The van der Waals surface area contributed by atoms with Gasteiger partial charge in [-0.25, -0.2) is 8.78 Å². The Kier molecular flexibility index (Phi) is 7.34. The van der Waals surface area contributed by atoms with Crippen molar-refractivity contribution in [2.24, 2.45) is 5.92 Å². The molecule has 0 saturated heterocycles. The minimum atomic E-state index is -2.16. The van der Waals surface area contributed by atoms with Crippen molar-refractivity contribution in [3.05, 3.63) is 0 Å². The third-order valence-corrected chi connectivity index (χ3v) is 4.68. The third-order valence-electron chi connectivity index (χ3n) is 1.46. The maximum Gasteiger partial charge on any atom is 0.239 e. The lowest BCUT2D eigenvalue weighted by Gasteiger charge is -2.18. The Bertz CT molecular complexity index is 107. The third kappa shape index (κ3) is 6.12. The molecule has 0 N–H and O–H groups in total. The Morgan fingerprint density at radius 1 is 1.25 bits per heavy atom. The van der Waals surface area contributed by atoms with E-state index in [1.807, 2.05) is 20.8 Å². The zero-order valence-corrected chi connectivity index (χ0v) is 9.35. The first-order valence-electron chi connectivity index (χ1n) is 4.14. The van der Waals surface area contributed by atoms with Crippen LogP contribution in [0.15, 0.2) is 0 Å². The molecule has 0 radical (unpaired) electrons. The quantitative estimate of drug-likeness (QED) is 0.611. The van der Waals surface area contributed by atoms with E-state index >= 15 is 0 Å². The van der Waals surface area contributed by atoms with E-state index in [9.17, 15) is 8.78 Å². The van der Waals surface area contributed by atoms with Crippen molar-refractivity contribution >= 4 is 21.6 Å². The van der Waals surface area contributed by atoms with Crippen LogP contribution in [0, 0.1) is 5.92 Å². The largest absolute Gasteiger partial charge is 0.239 e. The topological polar surface area (TPSA) is 0 Å². The summed E-state index contributed by atoms with van der Waals surface area (Å²) in [7, 11) is 3.26. The zero-order valence-electron chi connectivity index (χ0n) is 7.72. The standard InChI is InChI=1S/C8H16F2S2/c1-4-11-12-7(6(2)3)5-8(9)10/h6-8H,4-5H2,1-3H3. The van der Waals surface area contributed by atoms with Crippen LogP contribution in [0.1, 0.15) is 27.2 Å². The molecule has 0 saturated carbocycles. The molecule has 0 aromatic rings. The highest BCUT2D eigenvalue weighted by Gasteiger charge is 2.18. The van der Waals surface area contributed by atoms with Gasteiger partial charge in [0.05, 0.1) is 0 Å². The Labute approximate surface area is 81.3 Å². The maximum absolute atomic E-state index is 12.0. The molecule has 0 rings (SSSR count). The second kappa shape index (κ2) is 7.01. The number of alkyl halides is 2. The van der Waals surface area contributed by atoms with Crippen LogP contribution in [-0.2, 0) is 0 Å². The fraction of sp³-hybridized carbons (Fsp3) is 1.00.